The van der Waals surface area contributed by atoms with Crippen molar-refractivity contribution in [2.45, 2.75) is 45.6 Å². The van der Waals surface area contributed by atoms with Crippen molar-refractivity contribution in [1.29, 1.82) is 0 Å². The Labute approximate surface area is 121 Å². The lowest BCUT2D eigenvalue weighted by Crippen LogP contribution is -2.22. The fourth-order valence-corrected chi connectivity index (χ4v) is 3.13. The number of aryl methyl sites for hydroxylation is 3. The van der Waals surface area contributed by atoms with Crippen LogP contribution < -0.4 is 5.32 Å². The molecule has 0 fully saturated rings. The maximum absolute atomic E-state index is 5.83. The molecule has 0 radical (unpaired) electrons. The molecule has 1 aliphatic rings. The van der Waals surface area contributed by atoms with Crippen LogP contribution in [0.3, 0.4) is 0 Å². The SMILES string of the molecule is CCNC(c1ccc2c(c1)CCCC2)c1ccc(C)o1. The van der Waals surface area contributed by atoms with Gasteiger partial charge in [-0.2, -0.15) is 0 Å². The van der Waals surface area contributed by atoms with Crippen molar-refractivity contribution in [3.8, 4) is 0 Å². The minimum atomic E-state index is 0.168. The Balaban J connectivity index is 1.95. The number of fused-ring (bicyclic) bond motifs is 1. The summed E-state index contributed by atoms with van der Waals surface area (Å²) in [5, 5.41) is 3.54. The molecule has 1 aromatic carbocycles. The van der Waals surface area contributed by atoms with E-state index in [1.807, 2.05) is 13.0 Å². The second kappa shape index (κ2) is 5.84. The molecular weight excluding hydrogens is 246 g/mol. The van der Waals surface area contributed by atoms with Crippen LogP contribution in [-0.4, -0.2) is 6.54 Å². The third-order valence-corrected chi connectivity index (χ3v) is 4.16. The summed E-state index contributed by atoms with van der Waals surface area (Å²) in [4.78, 5) is 0. The average molecular weight is 269 g/mol. The topological polar surface area (TPSA) is 25.2 Å². The normalized spacial score (nSPS) is 15.9. The first kappa shape index (κ1) is 13.4. The zero-order valence-corrected chi connectivity index (χ0v) is 12.4. The first-order valence-corrected chi connectivity index (χ1v) is 7.69. The Morgan fingerprint density at radius 2 is 1.90 bits per heavy atom. The third kappa shape index (κ3) is 2.66. The zero-order chi connectivity index (χ0) is 13.9. The molecule has 1 unspecified atom stereocenters. The van der Waals surface area contributed by atoms with Crippen molar-refractivity contribution in [2.24, 2.45) is 0 Å². The van der Waals surface area contributed by atoms with E-state index in [9.17, 15) is 0 Å². The van der Waals surface area contributed by atoms with Gasteiger partial charge in [0.2, 0.25) is 0 Å². The Hall–Kier alpha value is -1.54. The summed E-state index contributed by atoms with van der Waals surface area (Å²) in [6.45, 7) is 5.07. The first-order valence-electron chi connectivity index (χ1n) is 7.69. The van der Waals surface area contributed by atoms with E-state index in [1.165, 1.54) is 42.4 Å². The first-order chi connectivity index (χ1) is 9.78. The predicted molar refractivity (Wildman–Crippen MR) is 82.0 cm³/mol. The Morgan fingerprint density at radius 3 is 2.60 bits per heavy atom. The number of furan rings is 1. The van der Waals surface area contributed by atoms with Crippen LogP contribution in [-0.2, 0) is 12.8 Å². The van der Waals surface area contributed by atoms with E-state index >= 15 is 0 Å². The summed E-state index contributed by atoms with van der Waals surface area (Å²) in [7, 11) is 0. The van der Waals surface area contributed by atoms with E-state index in [1.54, 1.807) is 0 Å². The molecule has 1 aliphatic carbocycles. The minimum Gasteiger partial charge on any atom is -0.464 e. The molecule has 2 heteroatoms. The zero-order valence-electron chi connectivity index (χ0n) is 12.4. The fourth-order valence-electron chi connectivity index (χ4n) is 3.13. The van der Waals surface area contributed by atoms with Gasteiger partial charge in [0.25, 0.3) is 0 Å². The molecule has 106 valence electrons. The fraction of sp³-hybridized carbons (Fsp3) is 0.444. The highest BCUT2D eigenvalue weighted by Gasteiger charge is 2.18. The molecule has 1 aromatic heterocycles. The molecule has 0 spiro atoms. The Morgan fingerprint density at radius 1 is 1.10 bits per heavy atom. The molecule has 20 heavy (non-hydrogen) atoms. The van der Waals surface area contributed by atoms with Gasteiger partial charge in [-0.3, -0.25) is 0 Å². The summed E-state index contributed by atoms with van der Waals surface area (Å²) in [5.41, 5.74) is 4.38. The monoisotopic (exact) mass is 269 g/mol. The second-order valence-electron chi connectivity index (χ2n) is 5.67. The van der Waals surface area contributed by atoms with Crippen molar-refractivity contribution in [2.75, 3.05) is 6.54 Å². The van der Waals surface area contributed by atoms with Crippen molar-refractivity contribution in [1.82, 2.24) is 5.32 Å². The summed E-state index contributed by atoms with van der Waals surface area (Å²) >= 11 is 0. The predicted octanol–water partition coefficient (Wildman–Crippen LogP) is 4.17. The van der Waals surface area contributed by atoms with E-state index in [-0.39, 0.29) is 6.04 Å². The van der Waals surface area contributed by atoms with Gasteiger partial charge in [-0.25, -0.2) is 0 Å². The van der Waals surface area contributed by atoms with E-state index < -0.39 is 0 Å². The molecular formula is C18H23NO. The maximum atomic E-state index is 5.83. The van der Waals surface area contributed by atoms with Crippen molar-refractivity contribution in [3.05, 3.63) is 58.5 Å². The average Bonchev–Trinajstić information content (AvgIpc) is 2.90. The van der Waals surface area contributed by atoms with Gasteiger partial charge in [0.15, 0.2) is 0 Å². The van der Waals surface area contributed by atoms with E-state index in [0.29, 0.717) is 0 Å². The highest BCUT2D eigenvalue weighted by Crippen LogP contribution is 2.28. The molecule has 2 nitrogen and oxygen atoms in total. The van der Waals surface area contributed by atoms with Gasteiger partial charge in [-0.05, 0) is 68.0 Å². The van der Waals surface area contributed by atoms with Crippen molar-refractivity contribution in [3.63, 3.8) is 0 Å². The largest absolute Gasteiger partial charge is 0.464 e. The van der Waals surface area contributed by atoms with Crippen molar-refractivity contribution < 1.29 is 4.42 Å². The van der Waals surface area contributed by atoms with Crippen LogP contribution in [0.1, 0.15) is 54.0 Å². The Kier molecular flexibility index (Phi) is 3.93. The summed E-state index contributed by atoms with van der Waals surface area (Å²) < 4.78 is 5.83. The van der Waals surface area contributed by atoms with Gasteiger partial charge in [-0.15, -0.1) is 0 Å². The number of hydrogen-bond acceptors (Lipinski definition) is 2. The molecule has 1 atom stereocenters. The van der Waals surface area contributed by atoms with Gasteiger partial charge in [0, 0.05) is 0 Å². The van der Waals surface area contributed by atoms with Crippen LogP contribution in [0, 0.1) is 6.92 Å². The molecule has 1 heterocycles. The van der Waals surface area contributed by atoms with E-state index in [0.717, 1.165) is 18.1 Å². The van der Waals surface area contributed by atoms with Crippen LogP contribution in [0.15, 0.2) is 34.7 Å². The van der Waals surface area contributed by atoms with Crippen LogP contribution in [0.5, 0.6) is 0 Å². The minimum absolute atomic E-state index is 0.168. The quantitative estimate of drug-likeness (QED) is 0.901. The van der Waals surface area contributed by atoms with Crippen LogP contribution in [0.25, 0.3) is 0 Å². The number of benzene rings is 1. The lowest BCUT2D eigenvalue weighted by Gasteiger charge is -2.21. The van der Waals surface area contributed by atoms with Gasteiger partial charge >= 0.3 is 0 Å². The Bertz CT molecular complexity index is 585. The van der Waals surface area contributed by atoms with Gasteiger partial charge < -0.3 is 9.73 Å². The smallest absolute Gasteiger partial charge is 0.125 e. The van der Waals surface area contributed by atoms with E-state index in [2.05, 4.69) is 36.5 Å². The summed E-state index contributed by atoms with van der Waals surface area (Å²) in [6, 6.07) is 11.2. The second-order valence-corrected chi connectivity index (χ2v) is 5.67. The standard InChI is InChI=1S/C18H23NO/c1-3-19-18(17-11-8-13(2)20-17)16-10-9-14-6-4-5-7-15(14)12-16/h8-12,18-19H,3-7H2,1-2H3. The molecule has 0 saturated carbocycles. The van der Waals surface area contributed by atoms with Crippen LogP contribution >= 0.6 is 0 Å². The summed E-state index contributed by atoms with van der Waals surface area (Å²) in [6.07, 6.45) is 5.11. The van der Waals surface area contributed by atoms with Gasteiger partial charge in [0.1, 0.15) is 11.5 Å². The molecule has 3 rings (SSSR count). The molecule has 0 aliphatic heterocycles. The highest BCUT2D eigenvalue weighted by atomic mass is 16.3. The summed E-state index contributed by atoms with van der Waals surface area (Å²) in [5.74, 6) is 1.99. The molecule has 2 aromatic rings. The molecule has 0 saturated heterocycles. The maximum Gasteiger partial charge on any atom is 0.125 e. The van der Waals surface area contributed by atoms with Gasteiger partial charge in [0.05, 0.1) is 6.04 Å². The molecule has 0 bridgehead atoms. The number of rotatable bonds is 4. The molecule has 0 amide bonds. The third-order valence-electron chi connectivity index (χ3n) is 4.16. The highest BCUT2D eigenvalue weighted by molar-refractivity contribution is 5.37. The number of hydrogen-bond donors (Lipinski definition) is 1. The van der Waals surface area contributed by atoms with Crippen LogP contribution in [0.4, 0.5) is 0 Å². The van der Waals surface area contributed by atoms with Crippen LogP contribution in [0.2, 0.25) is 0 Å². The van der Waals surface area contributed by atoms with E-state index in [4.69, 9.17) is 4.42 Å². The molecule has 1 N–H and O–H groups in total. The van der Waals surface area contributed by atoms with Crippen molar-refractivity contribution >= 4 is 0 Å². The van der Waals surface area contributed by atoms with Gasteiger partial charge in [-0.1, -0.05) is 25.1 Å². The number of nitrogens with one attached hydrogen (secondary N) is 1. The lowest BCUT2D eigenvalue weighted by atomic mass is 9.89. The lowest BCUT2D eigenvalue weighted by molar-refractivity contribution is 0.434.